The molecule has 0 N–H and O–H groups in total. The van der Waals surface area contributed by atoms with Crippen molar-refractivity contribution >= 4 is 22.8 Å². The summed E-state index contributed by atoms with van der Waals surface area (Å²) in [5.41, 5.74) is 1.61. The summed E-state index contributed by atoms with van der Waals surface area (Å²) in [5.74, 6) is 4.34. The van der Waals surface area contributed by atoms with Crippen LogP contribution in [-0.4, -0.2) is 25.5 Å². The molecule has 5 heteroatoms. The summed E-state index contributed by atoms with van der Waals surface area (Å²) in [7, 11) is 1.94. The number of fused-ring (bicyclic) bond motifs is 1. The summed E-state index contributed by atoms with van der Waals surface area (Å²) >= 11 is 1.91. The fourth-order valence-corrected chi connectivity index (χ4v) is 7.17. The van der Waals surface area contributed by atoms with E-state index in [4.69, 9.17) is 0 Å². The van der Waals surface area contributed by atoms with E-state index in [0.29, 0.717) is 5.41 Å². The normalized spacial score (nSPS) is 35.3. The Morgan fingerprint density at radius 3 is 2.52 bits per heavy atom. The van der Waals surface area contributed by atoms with Gasteiger partial charge in [0.1, 0.15) is 11.4 Å². The predicted octanol–water partition coefficient (Wildman–Crippen LogP) is 4.06. The Hall–Kier alpha value is -1.10. The molecule has 0 saturated heterocycles. The van der Waals surface area contributed by atoms with E-state index in [2.05, 4.69) is 15.1 Å². The second kappa shape index (κ2) is 5.20. The maximum atomic E-state index is 4.50. The molecule has 0 spiro atoms. The lowest BCUT2D eigenvalue weighted by Gasteiger charge is -2.57. The number of hydrogen-bond donors (Lipinski definition) is 0. The molecule has 23 heavy (non-hydrogen) atoms. The average Bonchev–Trinajstić information content (AvgIpc) is 2.88. The van der Waals surface area contributed by atoms with Crippen LogP contribution in [0.1, 0.15) is 44.9 Å². The van der Waals surface area contributed by atoms with E-state index in [1.54, 1.807) is 6.33 Å². The molecular weight excluding hydrogens is 304 g/mol. The molecule has 0 amide bonds. The Kier molecular flexibility index (Phi) is 3.22. The Bertz CT molecular complexity index is 702. The van der Waals surface area contributed by atoms with Gasteiger partial charge in [0.2, 0.25) is 0 Å². The lowest BCUT2D eigenvalue weighted by atomic mass is 9.49. The van der Waals surface area contributed by atoms with E-state index < -0.39 is 0 Å². The molecule has 0 aromatic carbocycles. The molecule has 4 fully saturated rings. The highest BCUT2D eigenvalue weighted by Gasteiger charge is 2.50. The SMILES string of the molecule is Cn1ncc2c(SCCC34CC5CC(CC(C5)C3)C4)ncnc21. The Balaban J connectivity index is 1.30. The van der Waals surface area contributed by atoms with Crippen LogP contribution < -0.4 is 0 Å². The first kappa shape index (κ1) is 14.3. The second-order valence-corrected chi connectivity index (χ2v) is 9.28. The third-order valence-corrected chi connectivity index (χ3v) is 7.54. The van der Waals surface area contributed by atoms with Crippen molar-refractivity contribution in [1.29, 1.82) is 0 Å². The average molecular weight is 328 g/mol. The zero-order valence-electron chi connectivity index (χ0n) is 13.7. The standard InChI is InChI=1S/C18H24N4S/c1-22-16-15(10-21-22)17(20-11-19-16)23-3-2-18-7-12-4-13(8-18)6-14(5-12)9-18/h10-14H,2-9H2,1H3. The molecule has 2 aromatic heterocycles. The van der Waals surface area contributed by atoms with Crippen LogP contribution in [0.3, 0.4) is 0 Å². The van der Waals surface area contributed by atoms with Gasteiger partial charge in [-0.25, -0.2) is 9.97 Å². The summed E-state index contributed by atoms with van der Waals surface area (Å²) in [6.45, 7) is 0. The summed E-state index contributed by atoms with van der Waals surface area (Å²) in [4.78, 5) is 8.84. The first-order valence-corrected chi connectivity index (χ1v) is 9.95. The van der Waals surface area contributed by atoms with Crippen molar-refractivity contribution < 1.29 is 0 Å². The monoisotopic (exact) mass is 328 g/mol. The fourth-order valence-electron chi connectivity index (χ4n) is 6.02. The number of aryl methyl sites for hydroxylation is 1. The Morgan fingerprint density at radius 1 is 1.13 bits per heavy atom. The smallest absolute Gasteiger partial charge is 0.162 e. The third kappa shape index (κ3) is 2.39. The molecule has 4 aliphatic carbocycles. The number of thioether (sulfide) groups is 1. The van der Waals surface area contributed by atoms with Crippen LogP contribution in [0.4, 0.5) is 0 Å². The lowest BCUT2D eigenvalue weighted by Crippen LogP contribution is -2.46. The minimum atomic E-state index is 0.669. The van der Waals surface area contributed by atoms with Crippen molar-refractivity contribution in [2.75, 3.05) is 5.75 Å². The van der Waals surface area contributed by atoms with Gasteiger partial charge in [-0.3, -0.25) is 4.68 Å². The third-order valence-electron chi connectivity index (χ3n) is 6.53. The van der Waals surface area contributed by atoms with Crippen LogP contribution in [0.5, 0.6) is 0 Å². The maximum Gasteiger partial charge on any atom is 0.162 e. The minimum absolute atomic E-state index is 0.669. The molecular formula is C18H24N4S. The van der Waals surface area contributed by atoms with Gasteiger partial charge in [0, 0.05) is 12.8 Å². The van der Waals surface area contributed by atoms with E-state index in [1.807, 2.05) is 29.7 Å². The van der Waals surface area contributed by atoms with Crippen LogP contribution in [0, 0.1) is 23.2 Å². The van der Waals surface area contributed by atoms with Crippen molar-refractivity contribution in [2.24, 2.45) is 30.2 Å². The molecule has 2 heterocycles. The zero-order valence-corrected chi connectivity index (χ0v) is 14.6. The van der Waals surface area contributed by atoms with E-state index in [1.165, 1.54) is 50.7 Å². The first-order valence-electron chi connectivity index (χ1n) is 8.96. The molecule has 122 valence electrons. The van der Waals surface area contributed by atoms with Crippen molar-refractivity contribution in [3.8, 4) is 0 Å². The quantitative estimate of drug-likeness (QED) is 0.627. The topological polar surface area (TPSA) is 43.6 Å². The molecule has 4 nitrogen and oxygen atoms in total. The van der Waals surface area contributed by atoms with E-state index in [9.17, 15) is 0 Å². The van der Waals surface area contributed by atoms with Crippen molar-refractivity contribution in [3.63, 3.8) is 0 Å². The van der Waals surface area contributed by atoms with Gasteiger partial charge in [-0.05, 0) is 68.1 Å². The number of rotatable bonds is 4. The second-order valence-electron chi connectivity index (χ2n) is 8.20. The van der Waals surface area contributed by atoms with Crippen LogP contribution in [0.25, 0.3) is 11.0 Å². The van der Waals surface area contributed by atoms with Gasteiger partial charge in [0.05, 0.1) is 11.6 Å². The molecule has 6 rings (SSSR count). The minimum Gasteiger partial charge on any atom is -0.250 e. The molecule has 0 unspecified atom stereocenters. The molecule has 0 radical (unpaired) electrons. The molecule has 2 aromatic rings. The Morgan fingerprint density at radius 2 is 1.83 bits per heavy atom. The maximum absolute atomic E-state index is 4.50. The summed E-state index contributed by atoms with van der Waals surface area (Å²) < 4.78 is 1.83. The van der Waals surface area contributed by atoms with Gasteiger partial charge in [0.15, 0.2) is 5.65 Å². The van der Waals surface area contributed by atoms with Gasteiger partial charge in [-0.15, -0.1) is 11.8 Å². The number of nitrogens with zero attached hydrogens (tertiary/aromatic N) is 4. The van der Waals surface area contributed by atoms with E-state index in [0.717, 1.165) is 33.8 Å². The van der Waals surface area contributed by atoms with E-state index >= 15 is 0 Å². The summed E-state index contributed by atoms with van der Waals surface area (Å²) in [5, 5.41) is 6.53. The number of hydrogen-bond acceptors (Lipinski definition) is 4. The Labute approximate surface area is 141 Å². The lowest BCUT2D eigenvalue weighted by molar-refractivity contribution is -0.0538. The van der Waals surface area contributed by atoms with Crippen LogP contribution in [-0.2, 0) is 7.05 Å². The molecule has 0 aliphatic heterocycles. The highest BCUT2D eigenvalue weighted by molar-refractivity contribution is 7.99. The van der Waals surface area contributed by atoms with Crippen molar-refractivity contribution in [1.82, 2.24) is 19.7 Å². The highest BCUT2D eigenvalue weighted by Crippen LogP contribution is 2.61. The van der Waals surface area contributed by atoms with Gasteiger partial charge in [-0.1, -0.05) is 0 Å². The fraction of sp³-hybridized carbons (Fsp3) is 0.722. The highest BCUT2D eigenvalue weighted by atomic mass is 32.2. The van der Waals surface area contributed by atoms with E-state index in [-0.39, 0.29) is 0 Å². The predicted molar refractivity (Wildman–Crippen MR) is 92.3 cm³/mol. The van der Waals surface area contributed by atoms with Gasteiger partial charge >= 0.3 is 0 Å². The summed E-state index contributed by atoms with van der Waals surface area (Å²) in [6.07, 6.45) is 14.1. The molecule has 4 saturated carbocycles. The van der Waals surface area contributed by atoms with Crippen LogP contribution in [0.2, 0.25) is 0 Å². The van der Waals surface area contributed by atoms with Crippen LogP contribution >= 0.6 is 11.8 Å². The van der Waals surface area contributed by atoms with Gasteiger partial charge < -0.3 is 0 Å². The molecule has 0 atom stereocenters. The van der Waals surface area contributed by atoms with Crippen LogP contribution in [0.15, 0.2) is 17.6 Å². The first-order chi connectivity index (χ1) is 11.2. The molecule has 4 bridgehead atoms. The van der Waals surface area contributed by atoms with Gasteiger partial charge in [-0.2, -0.15) is 5.10 Å². The molecule has 4 aliphatic rings. The van der Waals surface area contributed by atoms with Crippen molar-refractivity contribution in [2.45, 2.75) is 50.0 Å². The van der Waals surface area contributed by atoms with Gasteiger partial charge in [0.25, 0.3) is 0 Å². The largest absolute Gasteiger partial charge is 0.250 e. The zero-order chi connectivity index (χ0) is 15.4. The number of aromatic nitrogens is 4. The summed E-state index contributed by atoms with van der Waals surface area (Å²) in [6, 6.07) is 0. The van der Waals surface area contributed by atoms with Crippen molar-refractivity contribution in [3.05, 3.63) is 12.5 Å².